The summed E-state index contributed by atoms with van der Waals surface area (Å²) in [5.74, 6) is 2.97. The Kier molecular flexibility index (Phi) is 12.3. The number of para-hydroxylation sites is 2. The van der Waals surface area contributed by atoms with Crippen molar-refractivity contribution in [1.82, 2.24) is 4.90 Å². The highest BCUT2D eigenvalue weighted by molar-refractivity contribution is 5.58. The third-order valence-electron chi connectivity index (χ3n) is 5.35. The molecule has 3 rings (SSSR count). The highest BCUT2D eigenvalue weighted by Gasteiger charge is 2.22. The molecule has 0 saturated carbocycles. The fourth-order valence-corrected chi connectivity index (χ4v) is 3.75. The Morgan fingerprint density at radius 1 is 0.848 bits per heavy atom. The van der Waals surface area contributed by atoms with Crippen molar-refractivity contribution in [1.29, 1.82) is 0 Å². The van der Waals surface area contributed by atoms with Gasteiger partial charge in [-0.3, -0.25) is 4.90 Å². The number of nitrogens with zero attached hydrogens (tertiary/aromatic N) is 2. The second kappa shape index (κ2) is 14.1. The number of anilines is 1. The second-order valence-electron chi connectivity index (χ2n) is 7.29. The number of methoxy groups -OCH3 is 4. The van der Waals surface area contributed by atoms with E-state index >= 15 is 0 Å². The van der Waals surface area contributed by atoms with Crippen molar-refractivity contribution >= 4 is 5.69 Å². The predicted molar refractivity (Wildman–Crippen MR) is 121 cm³/mol. The van der Waals surface area contributed by atoms with Gasteiger partial charge in [0.25, 0.3) is 0 Å². The lowest BCUT2D eigenvalue weighted by Crippen LogP contribution is -3.00. The lowest BCUT2D eigenvalue weighted by molar-refractivity contribution is -0.00100. The van der Waals surface area contributed by atoms with Crippen molar-refractivity contribution in [2.24, 2.45) is 0 Å². The maximum Gasteiger partial charge on any atom is 1.00 e. The first-order valence-electron chi connectivity index (χ1n) is 10.3. The molecule has 0 bridgehead atoms. The Balaban J connectivity index is 0. The predicted octanol–water partition coefficient (Wildman–Crippen LogP) is -3.48. The van der Waals surface area contributed by atoms with E-state index < -0.39 is 6.10 Å². The van der Waals surface area contributed by atoms with E-state index in [1.807, 2.05) is 18.2 Å². The topological polar surface area (TPSA) is 72.9 Å². The van der Waals surface area contributed by atoms with Gasteiger partial charge in [-0.25, -0.2) is 0 Å². The lowest BCUT2D eigenvalue weighted by atomic mass is 10.2. The van der Waals surface area contributed by atoms with Gasteiger partial charge in [0, 0.05) is 44.9 Å². The van der Waals surface area contributed by atoms with Crippen molar-refractivity contribution in [3.63, 3.8) is 0 Å². The zero-order valence-electron chi connectivity index (χ0n) is 21.4. The highest BCUT2D eigenvalue weighted by atomic mass is 35.5. The quantitative estimate of drug-likeness (QED) is 0.357. The van der Waals surface area contributed by atoms with E-state index in [9.17, 15) is 5.11 Å². The van der Waals surface area contributed by atoms with Crippen LogP contribution in [0.4, 0.5) is 5.69 Å². The molecule has 1 aliphatic heterocycles. The Hall–Kier alpha value is -2.26. The molecule has 10 heteroatoms. The fourth-order valence-electron chi connectivity index (χ4n) is 3.75. The van der Waals surface area contributed by atoms with Crippen LogP contribution >= 0.6 is 0 Å². The molecule has 33 heavy (non-hydrogen) atoms. The van der Waals surface area contributed by atoms with E-state index in [-0.39, 0.29) is 34.3 Å². The monoisotopic (exact) mass is 504 g/mol. The molecule has 1 aliphatic rings. The van der Waals surface area contributed by atoms with Gasteiger partial charge in [-0.15, -0.1) is 0 Å². The molecule has 0 spiro atoms. The van der Waals surface area contributed by atoms with Gasteiger partial charge in [-0.1, -0.05) is 12.1 Å². The van der Waals surface area contributed by atoms with Crippen molar-refractivity contribution in [2.45, 2.75) is 6.10 Å². The third-order valence-corrected chi connectivity index (χ3v) is 5.35. The number of halogens is 2. The second-order valence-corrected chi connectivity index (χ2v) is 7.29. The average Bonchev–Trinajstić information content (AvgIpc) is 2.82. The SMILES string of the molecule is COc1ccccc1N1CCN(CC(O)COc2cc(OC)c(OC)c(OC)c2)CC1.[Cl-].[Cl-].[H+].[H+]. The highest BCUT2D eigenvalue weighted by Crippen LogP contribution is 2.40. The Morgan fingerprint density at radius 3 is 1.97 bits per heavy atom. The smallest absolute Gasteiger partial charge is 1.00 e. The molecule has 2 aromatic rings. The summed E-state index contributed by atoms with van der Waals surface area (Å²) in [6, 6.07) is 11.5. The summed E-state index contributed by atoms with van der Waals surface area (Å²) < 4.78 is 27.3. The molecule has 186 valence electrons. The molecule has 1 N–H and O–H groups in total. The van der Waals surface area contributed by atoms with Gasteiger partial charge in [0.05, 0.1) is 34.1 Å². The van der Waals surface area contributed by atoms with Crippen molar-refractivity contribution in [2.75, 3.05) is 72.7 Å². The van der Waals surface area contributed by atoms with Crippen LogP contribution in [0.1, 0.15) is 2.85 Å². The summed E-state index contributed by atoms with van der Waals surface area (Å²) >= 11 is 0. The number of benzene rings is 2. The number of hydrogen-bond acceptors (Lipinski definition) is 8. The largest absolute Gasteiger partial charge is 1.00 e. The van der Waals surface area contributed by atoms with Crippen LogP contribution in [0, 0.1) is 0 Å². The van der Waals surface area contributed by atoms with Crippen molar-refractivity contribution in [3.05, 3.63) is 36.4 Å². The van der Waals surface area contributed by atoms with E-state index in [1.54, 1.807) is 40.6 Å². The average molecular weight is 505 g/mol. The summed E-state index contributed by atoms with van der Waals surface area (Å²) in [5, 5.41) is 10.5. The number of hydrogen-bond donors (Lipinski definition) is 1. The van der Waals surface area contributed by atoms with Crippen LogP contribution in [0.15, 0.2) is 36.4 Å². The van der Waals surface area contributed by atoms with Crippen molar-refractivity contribution in [3.8, 4) is 28.7 Å². The number of β-amino-alcohol motifs (C(OH)–C–C–N with tert-alkyl or cyclic N) is 1. The van der Waals surface area contributed by atoms with E-state index in [0.717, 1.165) is 37.6 Å². The number of aliphatic hydroxyl groups excluding tert-OH is 1. The minimum absolute atomic E-state index is 0. The molecule has 2 aromatic carbocycles. The molecule has 0 aromatic heterocycles. The molecule has 8 nitrogen and oxygen atoms in total. The van der Waals surface area contributed by atoms with Gasteiger partial charge in [0.15, 0.2) is 11.5 Å². The Morgan fingerprint density at radius 2 is 1.42 bits per heavy atom. The lowest BCUT2D eigenvalue weighted by Gasteiger charge is -2.37. The molecular formula is C23H34Cl2N2O6. The summed E-state index contributed by atoms with van der Waals surface area (Å²) in [6.45, 7) is 4.19. The standard InChI is InChI=1S/C23H32N2O6.2ClH/c1-27-20-8-6-5-7-19(20)25-11-9-24(10-12-25)15-17(26)16-31-18-13-21(28-2)23(30-4)22(14-18)29-3;;/h5-8,13-14,17,26H,9-12,15-16H2,1-4H3;2*1H. The normalized spacial score (nSPS) is 14.4. The summed E-state index contributed by atoms with van der Waals surface area (Å²) in [4.78, 5) is 4.56. The Labute approximate surface area is 211 Å². The van der Waals surface area contributed by atoms with Gasteiger partial charge in [0.1, 0.15) is 24.2 Å². The van der Waals surface area contributed by atoms with E-state index in [4.69, 9.17) is 23.7 Å². The maximum absolute atomic E-state index is 10.5. The van der Waals surface area contributed by atoms with E-state index in [0.29, 0.717) is 29.5 Å². The Bertz CT molecular complexity index is 836. The van der Waals surface area contributed by atoms with Gasteiger partial charge in [0.2, 0.25) is 5.75 Å². The molecule has 1 saturated heterocycles. The minimum atomic E-state index is -0.614. The van der Waals surface area contributed by atoms with Crippen LogP contribution in [-0.2, 0) is 0 Å². The first-order chi connectivity index (χ1) is 15.1. The molecule has 1 atom stereocenters. The molecule has 1 unspecified atom stereocenters. The number of rotatable bonds is 10. The van der Waals surface area contributed by atoms with Crippen LogP contribution in [-0.4, -0.2) is 83.9 Å². The zero-order valence-corrected chi connectivity index (χ0v) is 20.9. The third kappa shape index (κ3) is 7.37. The van der Waals surface area contributed by atoms with Gasteiger partial charge in [-0.2, -0.15) is 0 Å². The van der Waals surface area contributed by atoms with Crippen LogP contribution < -0.4 is 53.4 Å². The molecule has 0 radical (unpaired) electrons. The van der Waals surface area contributed by atoms with Crippen LogP contribution in [0.2, 0.25) is 0 Å². The molecule has 0 aliphatic carbocycles. The minimum Gasteiger partial charge on any atom is -1.00 e. The molecular weight excluding hydrogens is 471 g/mol. The zero-order chi connectivity index (χ0) is 22.2. The van der Waals surface area contributed by atoms with Gasteiger partial charge >= 0.3 is 2.85 Å². The first kappa shape index (κ1) is 28.8. The van der Waals surface area contributed by atoms with Gasteiger partial charge < -0.3 is 58.5 Å². The fraction of sp³-hybridized carbons (Fsp3) is 0.478. The number of ether oxygens (including phenoxy) is 5. The van der Waals surface area contributed by atoms with Crippen LogP contribution in [0.5, 0.6) is 28.7 Å². The van der Waals surface area contributed by atoms with Crippen LogP contribution in [0.3, 0.4) is 0 Å². The molecule has 1 heterocycles. The van der Waals surface area contributed by atoms with Gasteiger partial charge in [-0.05, 0) is 12.1 Å². The summed E-state index contributed by atoms with van der Waals surface area (Å²) in [7, 11) is 6.36. The van der Waals surface area contributed by atoms with E-state index in [2.05, 4.69) is 15.9 Å². The number of aliphatic hydroxyl groups is 1. The van der Waals surface area contributed by atoms with Crippen LogP contribution in [0.25, 0.3) is 0 Å². The summed E-state index contributed by atoms with van der Waals surface area (Å²) in [5.41, 5.74) is 1.11. The summed E-state index contributed by atoms with van der Waals surface area (Å²) in [6.07, 6.45) is -0.614. The van der Waals surface area contributed by atoms with Crippen molar-refractivity contribution < 1.29 is 56.5 Å². The molecule has 0 amide bonds. The maximum atomic E-state index is 10.5. The first-order valence-corrected chi connectivity index (χ1v) is 10.3. The molecule has 1 fully saturated rings. The van der Waals surface area contributed by atoms with E-state index in [1.165, 1.54) is 0 Å². The number of piperazine rings is 1.